The lowest BCUT2D eigenvalue weighted by Crippen LogP contribution is -2.05. The van der Waals surface area contributed by atoms with Crippen LogP contribution in [0.5, 0.6) is 17.2 Å². The van der Waals surface area contributed by atoms with Crippen molar-refractivity contribution in [2.45, 2.75) is 20.1 Å². The summed E-state index contributed by atoms with van der Waals surface area (Å²) in [6.07, 6.45) is 6.67. The topological polar surface area (TPSA) is 78.9 Å². The Morgan fingerprint density at radius 2 is 0.935 bits per heavy atom. The normalized spacial score (nSPS) is 11.0. The molecule has 0 heterocycles. The SMILES string of the molecule is CC(=O)Oc1cc(COc2ccc(C(=O)/C=C/c3ccccc3)cc2)cc(COc2ccc(C(=O)/C=C/c3ccccc3)cc2)c1. The van der Waals surface area contributed by atoms with Crippen molar-refractivity contribution in [3.63, 3.8) is 0 Å². The van der Waals surface area contributed by atoms with E-state index in [1.807, 2.05) is 66.7 Å². The minimum atomic E-state index is -0.437. The zero-order valence-electron chi connectivity index (χ0n) is 25.3. The number of allylic oxidation sites excluding steroid dienone is 2. The standard InChI is InChI=1S/C40H32O6/c1-29(41)46-38-25-32(27-44-36-18-14-34(15-19-36)39(42)22-12-30-8-4-2-5-9-30)24-33(26-38)28-45-37-20-16-35(17-21-37)40(43)23-13-31-10-6-3-7-11-31/h2-26H,27-28H2,1H3/b22-12+,23-13+. The van der Waals surface area contributed by atoms with E-state index < -0.39 is 5.97 Å². The molecule has 0 unspecified atom stereocenters. The highest BCUT2D eigenvalue weighted by atomic mass is 16.5. The van der Waals surface area contributed by atoms with E-state index in [0.717, 1.165) is 22.3 Å². The summed E-state index contributed by atoms with van der Waals surface area (Å²) in [6.45, 7) is 1.75. The number of ketones is 2. The Kier molecular flexibility index (Phi) is 10.7. The van der Waals surface area contributed by atoms with Crippen molar-refractivity contribution >= 4 is 29.7 Å². The number of carbonyl (C=O) groups excluding carboxylic acids is 3. The lowest BCUT2D eigenvalue weighted by atomic mass is 10.1. The third kappa shape index (κ3) is 9.49. The van der Waals surface area contributed by atoms with Crippen LogP contribution in [0.3, 0.4) is 0 Å². The van der Waals surface area contributed by atoms with Crippen LogP contribution in [-0.4, -0.2) is 17.5 Å². The van der Waals surface area contributed by atoms with E-state index in [1.54, 1.807) is 85.0 Å². The van der Waals surface area contributed by atoms with Crippen LogP contribution in [0.2, 0.25) is 0 Å². The first-order valence-electron chi connectivity index (χ1n) is 14.7. The fraction of sp³-hybridized carbons (Fsp3) is 0.0750. The molecule has 6 heteroatoms. The minimum absolute atomic E-state index is 0.102. The highest BCUT2D eigenvalue weighted by Gasteiger charge is 2.09. The maximum Gasteiger partial charge on any atom is 0.308 e. The van der Waals surface area contributed by atoms with Crippen molar-refractivity contribution in [1.29, 1.82) is 0 Å². The lowest BCUT2D eigenvalue weighted by Gasteiger charge is -2.12. The Labute approximate surface area is 268 Å². The molecule has 228 valence electrons. The molecule has 5 aromatic rings. The molecular formula is C40H32O6. The summed E-state index contributed by atoms with van der Waals surface area (Å²) in [7, 11) is 0. The summed E-state index contributed by atoms with van der Waals surface area (Å²) in [5, 5.41) is 0. The van der Waals surface area contributed by atoms with Gasteiger partial charge in [-0.2, -0.15) is 0 Å². The second-order valence-electron chi connectivity index (χ2n) is 10.4. The van der Waals surface area contributed by atoms with Gasteiger partial charge in [0.2, 0.25) is 0 Å². The molecule has 0 aromatic heterocycles. The van der Waals surface area contributed by atoms with Crippen LogP contribution in [0.1, 0.15) is 49.9 Å². The maximum atomic E-state index is 12.6. The Morgan fingerprint density at radius 1 is 0.522 bits per heavy atom. The molecule has 0 bridgehead atoms. The van der Waals surface area contributed by atoms with Crippen molar-refractivity contribution in [1.82, 2.24) is 0 Å². The van der Waals surface area contributed by atoms with Crippen LogP contribution in [0.4, 0.5) is 0 Å². The van der Waals surface area contributed by atoms with E-state index in [4.69, 9.17) is 14.2 Å². The number of hydrogen-bond donors (Lipinski definition) is 0. The van der Waals surface area contributed by atoms with E-state index in [9.17, 15) is 14.4 Å². The third-order valence-electron chi connectivity index (χ3n) is 6.83. The molecule has 0 spiro atoms. The Bertz CT molecular complexity index is 1710. The summed E-state index contributed by atoms with van der Waals surface area (Å²) >= 11 is 0. The summed E-state index contributed by atoms with van der Waals surface area (Å²) in [5.74, 6) is 0.920. The van der Waals surface area contributed by atoms with Crippen molar-refractivity contribution in [3.05, 3.63) is 173 Å². The number of esters is 1. The van der Waals surface area contributed by atoms with Crippen molar-refractivity contribution in [2.24, 2.45) is 0 Å². The third-order valence-corrected chi connectivity index (χ3v) is 6.83. The van der Waals surface area contributed by atoms with Gasteiger partial charge in [0.15, 0.2) is 11.6 Å². The molecule has 6 nitrogen and oxygen atoms in total. The van der Waals surface area contributed by atoms with E-state index in [0.29, 0.717) is 28.4 Å². The van der Waals surface area contributed by atoms with Crippen molar-refractivity contribution in [3.8, 4) is 17.2 Å². The molecule has 0 aliphatic heterocycles. The fourth-order valence-corrected chi connectivity index (χ4v) is 4.55. The number of benzene rings is 5. The Morgan fingerprint density at radius 3 is 1.33 bits per heavy atom. The van der Waals surface area contributed by atoms with Crippen molar-refractivity contribution in [2.75, 3.05) is 0 Å². The maximum absolute atomic E-state index is 12.6. The van der Waals surface area contributed by atoms with Gasteiger partial charge in [-0.3, -0.25) is 14.4 Å². The zero-order valence-corrected chi connectivity index (χ0v) is 25.3. The average Bonchev–Trinajstić information content (AvgIpc) is 3.09. The van der Waals surface area contributed by atoms with E-state index in [-0.39, 0.29) is 24.8 Å². The van der Waals surface area contributed by atoms with Gasteiger partial charge < -0.3 is 14.2 Å². The smallest absolute Gasteiger partial charge is 0.308 e. The molecule has 0 aliphatic rings. The molecule has 5 rings (SSSR count). The molecule has 0 radical (unpaired) electrons. The monoisotopic (exact) mass is 608 g/mol. The van der Waals surface area contributed by atoms with E-state index in [2.05, 4.69) is 0 Å². The van der Waals surface area contributed by atoms with Crippen LogP contribution in [0.15, 0.2) is 140 Å². The number of carbonyl (C=O) groups is 3. The molecule has 0 fully saturated rings. The molecule has 0 amide bonds. The highest BCUT2D eigenvalue weighted by molar-refractivity contribution is 6.07. The number of ether oxygens (including phenoxy) is 3. The number of rotatable bonds is 13. The zero-order chi connectivity index (χ0) is 32.1. The average molecular weight is 609 g/mol. The van der Waals surface area contributed by atoms with Crippen LogP contribution < -0.4 is 14.2 Å². The molecule has 0 N–H and O–H groups in total. The van der Waals surface area contributed by atoms with Gasteiger partial charge in [0.25, 0.3) is 0 Å². The molecule has 46 heavy (non-hydrogen) atoms. The van der Waals surface area contributed by atoms with E-state index in [1.165, 1.54) is 6.92 Å². The molecule has 5 aromatic carbocycles. The molecular weight excluding hydrogens is 576 g/mol. The first kappa shape index (κ1) is 31.4. The van der Waals surface area contributed by atoms with Gasteiger partial charge in [-0.05, 0) is 101 Å². The minimum Gasteiger partial charge on any atom is -0.489 e. The summed E-state index contributed by atoms with van der Waals surface area (Å²) in [5.41, 5.74) is 4.56. The fourth-order valence-electron chi connectivity index (χ4n) is 4.55. The second kappa shape index (κ2) is 15.6. The predicted octanol–water partition coefficient (Wildman–Crippen LogP) is 8.56. The van der Waals surface area contributed by atoms with Crippen LogP contribution in [0, 0.1) is 0 Å². The van der Waals surface area contributed by atoms with Gasteiger partial charge >= 0.3 is 5.97 Å². The van der Waals surface area contributed by atoms with Crippen LogP contribution >= 0.6 is 0 Å². The van der Waals surface area contributed by atoms with Crippen molar-refractivity contribution < 1.29 is 28.6 Å². The molecule has 0 aliphatic carbocycles. The Hall–Kier alpha value is -6.01. The lowest BCUT2D eigenvalue weighted by molar-refractivity contribution is -0.131. The Balaban J connectivity index is 1.19. The quantitative estimate of drug-likeness (QED) is 0.0577. The van der Waals surface area contributed by atoms with E-state index >= 15 is 0 Å². The van der Waals surface area contributed by atoms with Gasteiger partial charge in [-0.25, -0.2) is 0 Å². The summed E-state index contributed by atoms with van der Waals surface area (Å²) in [6, 6.07) is 38.5. The van der Waals surface area contributed by atoms with Gasteiger partial charge in [0.05, 0.1) is 0 Å². The van der Waals surface area contributed by atoms with Gasteiger partial charge in [-0.15, -0.1) is 0 Å². The molecule has 0 saturated heterocycles. The van der Waals surface area contributed by atoms with Gasteiger partial charge in [0, 0.05) is 18.1 Å². The first-order valence-corrected chi connectivity index (χ1v) is 14.7. The largest absolute Gasteiger partial charge is 0.489 e. The molecule has 0 saturated carbocycles. The van der Waals surface area contributed by atoms with Gasteiger partial charge in [-0.1, -0.05) is 72.8 Å². The van der Waals surface area contributed by atoms with Gasteiger partial charge in [0.1, 0.15) is 30.5 Å². The summed E-state index contributed by atoms with van der Waals surface area (Å²) < 4.78 is 17.3. The molecule has 0 atom stereocenters. The summed E-state index contributed by atoms with van der Waals surface area (Å²) in [4.78, 5) is 36.8. The highest BCUT2D eigenvalue weighted by Crippen LogP contribution is 2.23. The number of hydrogen-bond acceptors (Lipinski definition) is 6. The van der Waals surface area contributed by atoms with Crippen LogP contribution in [0.25, 0.3) is 12.2 Å². The predicted molar refractivity (Wildman–Crippen MR) is 179 cm³/mol. The second-order valence-corrected chi connectivity index (χ2v) is 10.4. The first-order chi connectivity index (χ1) is 22.4. The van der Waals surface area contributed by atoms with Crippen LogP contribution in [-0.2, 0) is 18.0 Å².